The van der Waals surface area contributed by atoms with Gasteiger partial charge >= 0.3 is 0 Å². The van der Waals surface area contributed by atoms with E-state index in [0.717, 1.165) is 17.7 Å². The summed E-state index contributed by atoms with van der Waals surface area (Å²) in [4.78, 5) is 12.6. The van der Waals surface area contributed by atoms with Gasteiger partial charge < -0.3 is 5.32 Å². The molecule has 0 aliphatic carbocycles. The molecule has 0 saturated heterocycles. The predicted octanol–water partition coefficient (Wildman–Crippen LogP) is 2.85. The number of rotatable bonds is 5. The molecule has 1 amide bonds. The van der Waals surface area contributed by atoms with Crippen LogP contribution in [-0.4, -0.2) is 26.1 Å². The van der Waals surface area contributed by atoms with Gasteiger partial charge in [-0.15, -0.1) is 5.10 Å². The van der Waals surface area contributed by atoms with Crippen molar-refractivity contribution in [2.24, 2.45) is 0 Å². The van der Waals surface area contributed by atoms with Gasteiger partial charge in [-0.05, 0) is 47.5 Å². The van der Waals surface area contributed by atoms with Crippen LogP contribution >= 0.6 is 0 Å². The van der Waals surface area contributed by atoms with E-state index in [2.05, 4.69) is 52.0 Å². The third-order valence-corrected chi connectivity index (χ3v) is 3.92. The topological polar surface area (TPSA) is 72.7 Å². The van der Waals surface area contributed by atoms with Crippen LogP contribution in [0.3, 0.4) is 0 Å². The van der Waals surface area contributed by atoms with Gasteiger partial charge in [0.05, 0.1) is 11.7 Å². The Morgan fingerprint density at radius 2 is 2.00 bits per heavy atom. The molecule has 0 fully saturated rings. The quantitative estimate of drug-likeness (QED) is 0.784. The fourth-order valence-electron chi connectivity index (χ4n) is 2.53. The zero-order chi connectivity index (χ0) is 16.9. The second-order valence-electron chi connectivity index (χ2n) is 5.65. The van der Waals surface area contributed by atoms with Crippen LogP contribution in [0.25, 0.3) is 5.69 Å². The van der Waals surface area contributed by atoms with Gasteiger partial charge in [0, 0.05) is 5.56 Å². The van der Waals surface area contributed by atoms with Crippen LogP contribution < -0.4 is 5.32 Å². The van der Waals surface area contributed by atoms with Crippen molar-refractivity contribution in [3.8, 4) is 5.69 Å². The third kappa shape index (κ3) is 3.48. The number of tetrazole rings is 1. The monoisotopic (exact) mass is 321 g/mol. The van der Waals surface area contributed by atoms with Crippen molar-refractivity contribution in [1.82, 2.24) is 25.5 Å². The smallest absolute Gasteiger partial charge is 0.251 e. The van der Waals surface area contributed by atoms with E-state index in [1.165, 1.54) is 16.6 Å². The molecule has 0 aliphatic heterocycles. The van der Waals surface area contributed by atoms with Crippen molar-refractivity contribution in [3.63, 3.8) is 0 Å². The first-order valence-electron chi connectivity index (χ1n) is 7.88. The van der Waals surface area contributed by atoms with Crippen LogP contribution in [0.4, 0.5) is 0 Å². The van der Waals surface area contributed by atoms with Gasteiger partial charge in [-0.25, -0.2) is 4.68 Å². The maximum atomic E-state index is 12.6. The Bertz CT molecular complexity index is 812. The number of benzene rings is 2. The molecule has 122 valence electrons. The molecule has 1 aromatic heterocycles. The molecule has 3 rings (SSSR count). The molecule has 0 saturated carbocycles. The third-order valence-electron chi connectivity index (χ3n) is 3.92. The molecule has 1 unspecified atom stereocenters. The largest absolute Gasteiger partial charge is 0.345 e. The van der Waals surface area contributed by atoms with Gasteiger partial charge in [0.1, 0.15) is 6.33 Å². The van der Waals surface area contributed by atoms with E-state index in [0.29, 0.717) is 5.56 Å². The minimum Gasteiger partial charge on any atom is -0.345 e. The van der Waals surface area contributed by atoms with E-state index in [9.17, 15) is 4.79 Å². The maximum Gasteiger partial charge on any atom is 0.251 e. The van der Waals surface area contributed by atoms with Gasteiger partial charge in [0.2, 0.25) is 0 Å². The Labute approximate surface area is 140 Å². The Balaban J connectivity index is 1.78. The van der Waals surface area contributed by atoms with Crippen molar-refractivity contribution in [1.29, 1.82) is 0 Å². The van der Waals surface area contributed by atoms with Gasteiger partial charge in [-0.2, -0.15) is 0 Å². The summed E-state index contributed by atoms with van der Waals surface area (Å²) in [7, 11) is 0. The standard InChI is InChI=1S/C18H19N5O/c1-3-17(14-9-7-13(2)8-10-14)20-18(24)15-5-4-6-16(11-15)23-12-19-21-22-23/h4-12,17H,3H2,1-2H3,(H,20,24). The Morgan fingerprint density at radius 1 is 1.21 bits per heavy atom. The average molecular weight is 321 g/mol. The summed E-state index contributed by atoms with van der Waals surface area (Å²) in [6, 6.07) is 15.4. The lowest BCUT2D eigenvalue weighted by Crippen LogP contribution is -2.28. The predicted molar refractivity (Wildman–Crippen MR) is 90.8 cm³/mol. The van der Waals surface area contributed by atoms with Crippen molar-refractivity contribution in [2.75, 3.05) is 0 Å². The van der Waals surface area contributed by atoms with Crippen molar-refractivity contribution >= 4 is 5.91 Å². The SMILES string of the molecule is CCC(NC(=O)c1cccc(-n2cnnn2)c1)c1ccc(C)cc1. The van der Waals surface area contributed by atoms with Crippen LogP contribution in [0.15, 0.2) is 54.9 Å². The van der Waals surface area contributed by atoms with Crippen LogP contribution in [0.1, 0.15) is 40.9 Å². The highest BCUT2D eigenvalue weighted by atomic mass is 16.1. The van der Waals surface area contributed by atoms with Crippen LogP contribution in [0.2, 0.25) is 0 Å². The molecule has 6 nitrogen and oxygen atoms in total. The number of carbonyl (C=O) groups excluding carboxylic acids is 1. The highest BCUT2D eigenvalue weighted by Crippen LogP contribution is 2.18. The minimum atomic E-state index is -0.114. The van der Waals surface area contributed by atoms with Crippen molar-refractivity contribution < 1.29 is 4.79 Å². The van der Waals surface area contributed by atoms with Crippen molar-refractivity contribution in [3.05, 3.63) is 71.5 Å². The highest BCUT2D eigenvalue weighted by molar-refractivity contribution is 5.95. The van der Waals surface area contributed by atoms with Gasteiger partial charge in [0.15, 0.2) is 0 Å². The molecular weight excluding hydrogens is 302 g/mol. The molecule has 24 heavy (non-hydrogen) atoms. The summed E-state index contributed by atoms with van der Waals surface area (Å²) in [5, 5.41) is 14.2. The number of hydrogen-bond acceptors (Lipinski definition) is 4. The normalized spacial score (nSPS) is 11.9. The van der Waals surface area contributed by atoms with E-state index in [4.69, 9.17) is 0 Å². The van der Waals surface area contributed by atoms with E-state index in [-0.39, 0.29) is 11.9 Å². The Morgan fingerprint density at radius 3 is 2.67 bits per heavy atom. The Hall–Kier alpha value is -3.02. The van der Waals surface area contributed by atoms with Crippen LogP contribution in [0, 0.1) is 6.92 Å². The fraction of sp³-hybridized carbons (Fsp3) is 0.222. The average Bonchev–Trinajstić information content (AvgIpc) is 3.15. The lowest BCUT2D eigenvalue weighted by Gasteiger charge is -2.18. The van der Waals surface area contributed by atoms with Crippen LogP contribution in [-0.2, 0) is 0 Å². The summed E-state index contributed by atoms with van der Waals surface area (Å²) >= 11 is 0. The molecule has 0 radical (unpaired) electrons. The second kappa shape index (κ2) is 7.04. The molecule has 1 heterocycles. The van der Waals surface area contributed by atoms with Crippen molar-refractivity contribution in [2.45, 2.75) is 26.3 Å². The molecule has 1 N–H and O–H groups in total. The van der Waals surface area contributed by atoms with Gasteiger partial charge in [-0.1, -0.05) is 42.8 Å². The number of nitrogens with zero attached hydrogens (tertiary/aromatic N) is 4. The molecule has 2 aromatic carbocycles. The molecule has 1 atom stereocenters. The zero-order valence-corrected chi connectivity index (χ0v) is 13.7. The molecule has 0 aliphatic rings. The number of carbonyl (C=O) groups is 1. The minimum absolute atomic E-state index is 0.0187. The number of amides is 1. The number of hydrogen-bond donors (Lipinski definition) is 1. The van der Waals surface area contributed by atoms with E-state index in [1.54, 1.807) is 12.1 Å². The number of nitrogens with one attached hydrogen (secondary N) is 1. The second-order valence-corrected chi connectivity index (χ2v) is 5.65. The van der Waals surface area contributed by atoms with E-state index in [1.807, 2.05) is 19.1 Å². The fourth-order valence-corrected chi connectivity index (χ4v) is 2.53. The molecule has 6 heteroatoms. The van der Waals surface area contributed by atoms with Gasteiger partial charge in [0.25, 0.3) is 5.91 Å². The molecule has 0 bridgehead atoms. The van der Waals surface area contributed by atoms with E-state index >= 15 is 0 Å². The first-order chi connectivity index (χ1) is 11.7. The number of aryl methyl sites for hydroxylation is 1. The first kappa shape index (κ1) is 15.9. The zero-order valence-electron chi connectivity index (χ0n) is 13.7. The molecular formula is C18H19N5O. The summed E-state index contributed by atoms with van der Waals surface area (Å²) in [5.41, 5.74) is 3.63. The van der Waals surface area contributed by atoms with Gasteiger partial charge in [-0.3, -0.25) is 4.79 Å². The summed E-state index contributed by atoms with van der Waals surface area (Å²) in [5.74, 6) is -0.114. The summed E-state index contributed by atoms with van der Waals surface area (Å²) in [6.45, 7) is 4.11. The lowest BCUT2D eigenvalue weighted by atomic mass is 10.0. The van der Waals surface area contributed by atoms with Crippen LogP contribution in [0.5, 0.6) is 0 Å². The maximum absolute atomic E-state index is 12.6. The lowest BCUT2D eigenvalue weighted by molar-refractivity contribution is 0.0935. The highest BCUT2D eigenvalue weighted by Gasteiger charge is 2.14. The number of aromatic nitrogens is 4. The Kier molecular flexibility index (Phi) is 4.65. The van der Waals surface area contributed by atoms with E-state index < -0.39 is 0 Å². The first-order valence-corrected chi connectivity index (χ1v) is 7.88. The molecule has 0 spiro atoms. The summed E-state index contributed by atoms with van der Waals surface area (Å²) < 4.78 is 1.52. The molecule has 3 aromatic rings. The summed E-state index contributed by atoms with van der Waals surface area (Å²) in [6.07, 6.45) is 2.32.